The van der Waals surface area contributed by atoms with Crippen molar-refractivity contribution < 1.29 is 9.47 Å². The summed E-state index contributed by atoms with van der Waals surface area (Å²) in [7, 11) is 2.09. The van der Waals surface area contributed by atoms with Crippen LogP contribution in [0.1, 0.15) is 5.69 Å². The first-order valence-corrected chi connectivity index (χ1v) is 9.59. The van der Waals surface area contributed by atoms with E-state index in [4.69, 9.17) is 14.5 Å². The lowest BCUT2D eigenvalue weighted by Gasteiger charge is -2.29. The van der Waals surface area contributed by atoms with E-state index in [9.17, 15) is 0 Å². The number of para-hydroxylation sites is 2. The zero-order valence-corrected chi connectivity index (χ0v) is 15.0. The van der Waals surface area contributed by atoms with Crippen LogP contribution in [0.15, 0.2) is 47.2 Å². The normalized spacial score (nSPS) is 16.5. The third-order valence-corrected chi connectivity index (χ3v) is 5.73. The summed E-state index contributed by atoms with van der Waals surface area (Å²) in [5, 5.41) is 5.32. The molecule has 0 spiro atoms. The lowest BCUT2D eigenvalue weighted by atomic mass is 10.2. The number of hydrogen-bond acceptors (Lipinski definition) is 6. The predicted octanol–water partition coefficient (Wildman–Crippen LogP) is 4.14. The van der Waals surface area contributed by atoms with Crippen molar-refractivity contribution in [2.24, 2.45) is 0 Å². The molecule has 0 saturated carbocycles. The Labute approximate surface area is 149 Å². The van der Waals surface area contributed by atoms with Crippen LogP contribution < -0.4 is 9.47 Å². The molecule has 0 bridgehead atoms. The van der Waals surface area contributed by atoms with Crippen molar-refractivity contribution in [1.82, 2.24) is 9.88 Å². The summed E-state index contributed by atoms with van der Waals surface area (Å²) in [6, 6.07) is 12.0. The van der Waals surface area contributed by atoms with Gasteiger partial charge in [0.05, 0.1) is 10.6 Å². The summed E-state index contributed by atoms with van der Waals surface area (Å²) in [6.45, 7) is 2.20. The summed E-state index contributed by atoms with van der Waals surface area (Å²) in [5.74, 6) is 1.66. The molecular formula is C18H18N2O2S2. The Hall–Kier alpha value is -1.89. The van der Waals surface area contributed by atoms with E-state index in [0.717, 1.165) is 35.3 Å². The highest BCUT2D eigenvalue weighted by Gasteiger charge is 2.22. The van der Waals surface area contributed by atoms with Crippen molar-refractivity contribution >= 4 is 22.7 Å². The molecule has 0 amide bonds. The van der Waals surface area contributed by atoms with Crippen LogP contribution in [0, 0.1) is 0 Å². The first kappa shape index (κ1) is 15.6. The Morgan fingerprint density at radius 2 is 2.04 bits per heavy atom. The molecule has 0 aliphatic carbocycles. The maximum atomic E-state index is 6.02. The Balaban J connectivity index is 1.35. The van der Waals surface area contributed by atoms with Gasteiger partial charge in [-0.05, 0) is 30.6 Å². The van der Waals surface area contributed by atoms with Crippen LogP contribution in [-0.2, 0) is 6.54 Å². The molecule has 0 unspecified atom stereocenters. The van der Waals surface area contributed by atoms with Gasteiger partial charge in [0.25, 0.3) is 0 Å². The number of ether oxygens (including phenoxy) is 2. The molecule has 1 aliphatic heterocycles. The number of thiazole rings is 1. The van der Waals surface area contributed by atoms with E-state index >= 15 is 0 Å². The minimum absolute atomic E-state index is 0.0419. The minimum atomic E-state index is 0.0419. The van der Waals surface area contributed by atoms with Crippen LogP contribution in [-0.4, -0.2) is 36.2 Å². The van der Waals surface area contributed by atoms with Gasteiger partial charge in [0, 0.05) is 18.5 Å². The van der Waals surface area contributed by atoms with E-state index in [0.29, 0.717) is 6.61 Å². The molecule has 3 aromatic rings. The van der Waals surface area contributed by atoms with Crippen molar-refractivity contribution in [1.29, 1.82) is 0 Å². The number of thiophene rings is 1. The first-order chi connectivity index (χ1) is 11.8. The Bertz CT molecular complexity index is 801. The van der Waals surface area contributed by atoms with E-state index in [2.05, 4.69) is 34.8 Å². The number of nitrogens with zero attached hydrogens (tertiary/aromatic N) is 2. The number of likely N-dealkylation sites (N-methyl/N-ethyl adjacent to an activating group) is 1. The fraction of sp³-hybridized carbons (Fsp3) is 0.278. The predicted molar refractivity (Wildman–Crippen MR) is 98.1 cm³/mol. The van der Waals surface area contributed by atoms with Crippen molar-refractivity contribution in [2.75, 3.05) is 20.2 Å². The number of rotatable bonds is 5. The van der Waals surface area contributed by atoms with Gasteiger partial charge in [0.15, 0.2) is 11.5 Å². The zero-order valence-electron chi connectivity index (χ0n) is 13.3. The molecule has 0 fully saturated rings. The molecule has 0 N–H and O–H groups in total. The van der Waals surface area contributed by atoms with E-state index in [1.165, 1.54) is 4.88 Å². The molecule has 3 heterocycles. The van der Waals surface area contributed by atoms with Gasteiger partial charge in [-0.25, -0.2) is 4.98 Å². The van der Waals surface area contributed by atoms with Crippen molar-refractivity contribution in [3.05, 3.63) is 52.9 Å². The van der Waals surface area contributed by atoms with Crippen LogP contribution in [0.25, 0.3) is 9.88 Å². The number of fused-ring (bicyclic) bond motifs is 1. The standard InChI is InChI=1S/C18H18N2O2S2/c1-20(9-13-12-24-18(19-13)17-7-4-8-23-17)10-14-11-21-15-5-2-3-6-16(15)22-14/h2-8,12,14H,9-11H2,1H3/t14-/m0/s1. The fourth-order valence-electron chi connectivity index (χ4n) is 2.73. The molecule has 0 saturated heterocycles. The van der Waals surface area contributed by atoms with Gasteiger partial charge in [0.1, 0.15) is 17.7 Å². The monoisotopic (exact) mass is 358 g/mol. The third-order valence-electron chi connectivity index (χ3n) is 3.80. The molecule has 24 heavy (non-hydrogen) atoms. The second-order valence-electron chi connectivity index (χ2n) is 5.82. The molecular weight excluding hydrogens is 340 g/mol. The highest BCUT2D eigenvalue weighted by atomic mass is 32.1. The second kappa shape index (κ2) is 6.93. The Morgan fingerprint density at radius 1 is 1.17 bits per heavy atom. The fourth-order valence-corrected chi connectivity index (χ4v) is 4.36. The maximum Gasteiger partial charge on any atom is 0.161 e. The Kier molecular flexibility index (Phi) is 4.51. The Morgan fingerprint density at radius 3 is 2.88 bits per heavy atom. The number of aromatic nitrogens is 1. The number of benzene rings is 1. The lowest BCUT2D eigenvalue weighted by molar-refractivity contribution is 0.0636. The topological polar surface area (TPSA) is 34.6 Å². The van der Waals surface area contributed by atoms with E-state index in [1.54, 1.807) is 22.7 Å². The number of hydrogen-bond donors (Lipinski definition) is 0. The van der Waals surface area contributed by atoms with Crippen LogP contribution in [0.3, 0.4) is 0 Å². The van der Waals surface area contributed by atoms with Crippen LogP contribution in [0.2, 0.25) is 0 Å². The molecule has 1 aromatic carbocycles. The second-order valence-corrected chi connectivity index (χ2v) is 7.62. The average molecular weight is 358 g/mol. The van der Waals surface area contributed by atoms with Crippen LogP contribution in [0.5, 0.6) is 11.5 Å². The third kappa shape index (κ3) is 3.45. The summed E-state index contributed by atoms with van der Waals surface area (Å²) >= 11 is 3.43. The quantitative estimate of drug-likeness (QED) is 0.686. The van der Waals surface area contributed by atoms with Crippen molar-refractivity contribution in [3.63, 3.8) is 0 Å². The lowest BCUT2D eigenvalue weighted by Crippen LogP contribution is -2.39. The van der Waals surface area contributed by atoms with Gasteiger partial charge in [0.2, 0.25) is 0 Å². The van der Waals surface area contributed by atoms with E-state index in [-0.39, 0.29) is 6.10 Å². The summed E-state index contributed by atoms with van der Waals surface area (Å²) < 4.78 is 11.8. The molecule has 0 radical (unpaired) electrons. The molecule has 4 nitrogen and oxygen atoms in total. The first-order valence-electron chi connectivity index (χ1n) is 7.83. The van der Waals surface area contributed by atoms with Gasteiger partial charge >= 0.3 is 0 Å². The molecule has 124 valence electrons. The molecule has 1 atom stereocenters. The molecule has 4 rings (SSSR count). The summed E-state index contributed by atoms with van der Waals surface area (Å²) in [4.78, 5) is 8.20. The van der Waals surface area contributed by atoms with E-state index in [1.807, 2.05) is 24.3 Å². The summed E-state index contributed by atoms with van der Waals surface area (Å²) in [6.07, 6.45) is 0.0419. The molecule has 6 heteroatoms. The average Bonchev–Trinajstić information content (AvgIpc) is 3.26. The van der Waals surface area contributed by atoms with Gasteiger partial charge < -0.3 is 9.47 Å². The molecule has 1 aliphatic rings. The van der Waals surface area contributed by atoms with E-state index < -0.39 is 0 Å². The molecule has 2 aromatic heterocycles. The highest BCUT2D eigenvalue weighted by Crippen LogP contribution is 2.31. The van der Waals surface area contributed by atoms with Gasteiger partial charge in [-0.3, -0.25) is 4.90 Å². The maximum absolute atomic E-state index is 6.02. The summed E-state index contributed by atoms with van der Waals surface area (Å²) in [5.41, 5.74) is 1.10. The van der Waals surface area contributed by atoms with Gasteiger partial charge in [-0.2, -0.15) is 0 Å². The van der Waals surface area contributed by atoms with Crippen molar-refractivity contribution in [3.8, 4) is 21.4 Å². The minimum Gasteiger partial charge on any atom is -0.486 e. The van der Waals surface area contributed by atoms with Crippen LogP contribution >= 0.6 is 22.7 Å². The largest absolute Gasteiger partial charge is 0.486 e. The van der Waals surface area contributed by atoms with Gasteiger partial charge in [-0.15, -0.1) is 22.7 Å². The smallest absolute Gasteiger partial charge is 0.161 e. The SMILES string of the molecule is CN(Cc1csc(-c2cccs2)n1)C[C@H]1COc2ccccc2O1. The zero-order chi connectivity index (χ0) is 16.4. The van der Waals surface area contributed by atoms with Gasteiger partial charge in [-0.1, -0.05) is 18.2 Å². The highest BCUT2D eigenvalue weighted by molar-refractivity contribution is 7.20. The van der Waals surface area contributed by atoms with Crippen LogP contribution in [0.4, 0.5) is 0 Å². The van der Waals surface area contributed by atoms with Crippen molar-refractivity contribution in [2.45, 2.75) is 12.6 Å².